The predicted molar refractivity (Wildman–Crippen MR) is 83.8 cm³/mol. The fourth-order valence-corrected chi connectivity index (χ4v) is 6.80. The summed E-state index contributed by atoms with van der Waals surface area (Å²) in [6, 6.07) is 0. The molecule has 7 atom stereocenters. The number of fused-ring (bicyclic) bond motifs is 5. The van der Waals surface area contributed by atoms with Crippen molar-refractivity contribution in [2.45, 2.75) is 77.2 Å². The first-order valence-electron chi connectivity index (χ1n) is 9.08. The Labute approximate surface area is 132 Å². The Morgan fingerprint density at radius 3 is 2.77 bits per heavy atom. The van der Waals surface area contributed by atoms with Crippen molar-refractivity contribution in [1.82, 2.24) is 0 Å². The smallest absolute Gasteiger partial charge is 0.215 e. The fraction of sp³-hybridized carbons (Fsp3) is 0.895. The maximum Gasteiger partial charge on any atom is 0.215 e. The van der Waals surface area contributed by atoms with Crippen molar-refractivity contribution in [2.24, 2.45) is 28.6 Å². The second-order valence-corrected chi connectivity index (χ2v) is 8.86. The van der Waals surface area contributed by atoms with E-state index in [1.807, 2.05) is 6.92 Å². The van der Waals surface area contributed by atoms with Gasteiger partial charge in [0.05, 0.1) is 6.10 Å². The minimum Gasteiger partial charge on any atom is -0.393 e. The topological polar surface area (TPSA) is 40.5 Å². The van der Waals surface area contributed by atoms with E-state index < -0.39 is 17.4 Å². The van der Waals surface area contributed by atoms with Gasteiger partial charge < -0.3 is 10.2 Å². The average Bonchev–Trinajstić information content (AvgIpc) is 2.63. The number of halogens is 1. The lowest BCUT2D eigenvalue weighted by Crippen LogP contribution is -2.54. The number of aliphatic hydroxyl groups is 2. The van der Waals surface area contributed by atoms with Crippen LogP contribution in [0.15, 0.2) is 11.6 Å². The second kappa shape index (κ2) is 4.57. The maximum atomic E-state index is 14.8. The molecule has 4 aliphatic rings. The van der Waals surface area contributed by atoms with E-state index in [-0.39, 0.29) is 17.8 Å². The number of hydrogen-bond acceptors (Lipinski definition) is 2. The first-order chi connectivity index (χ1) is 10.3. The van der Waals surface area contributed by atoms with Crippen LogP contribution in [-0.2, 0) is 0 Å². The molecule has 4 aliphatic carbocycles. The minimum absolute atomic E-state index is 0.0819. The Kier molecular flexibility index (Phi) is 3.14. The summed E-state index contributed by atoms with van der Waals surface area (Å²) in [4.78, 5) is 0. The van der Waals surface area contributed by atoms with Gasteiger partial charge in [-0.3, -0.25) is 0 Å². The summed E-state index contributed by atoms with van der Waals surface area (Å²) < 4.78 is 14.8. The highest BCUT2D eigenvalue weighted by Crippen LogP contribution is 2.67. The van der Waals surface area contributed by atoms with Crippen LogP contribution in [0.3, 0.4) is 0 Å². The average molecular weight is 308 g/mol. The van der Waals surface area contributed by atoms with Crippen molar-refractivity contribution in [3.63, 3.8) is 0 Å². The van der Waals surface area contributed by atoms with Crippen LogP contribution >= 0.6 is 0 Å². The monoisotopic (exact) mass is 308 g/mol. The molecule has 0 radical (unpaired) electrons. The van der Waals surface area contributed by atoms with Gasteiger partial charge in [0.25, 0.3) is 0 Å². The molecule has 0 spiro atoms. The molecule has 0 aromatic rings. The van der Waals surface area contributed by atoms with E-state index in [9.17, 15) is 14.6 Å². The molecule has 0 heterocycles. The van der Waals surface area contributed by atoms with Gasteiger partial charge in [0.2, 0.25) is 5.85 Å². The Morgan fingerprint density at radius 1 is 1.23 bits per heavy atom. The summed E-state index contributed by atoms with van der Waals surface area (Å²) in [5, 5.41) is 20.8. The summed E-state index contributed by atoms with van der Waals surface area (Å²) in [7, 11) is 0. The molecule has 0 amide bonds. The minimum atomic E-state index is -2.20. The summed E-state index contributed by atoms with van der Waals surface area (Å²) in [6.07, 6.45) is 9.19. The predicted octanol–water partition coefficient (Wildman–Crippen LogP) is 3.97. The number of allylic oxidation sites excluding steroid dienone is 2. The normalized spacial score (nSPS) is 57.6. The number of alkyl halides is 1. The van der Waals surface area contributed by atoms with Crippen molar-refractivity contribution >= 4 is 0 Å². The summed E-state index contributed by atoms with van der Waals surface area (Å²) in [6.45, 7) is 4.28. The van der Waals surface area contributed by atoms with Crippen molar-refractivity contribution < 1.29 is 14.6 Å². The van der Waals surface area contributed by atoms with E-state index in [0.717, 1.165) is 19.3 Å². The summed E-state index contributed by atoms with van der Waals surface area (Å²) in [5.41, 5.74) is 1.10. The molecule has 4 rings (SSSR count). The Hall–Kier alpha value is -0.410. The third-order valence-corrected chi connectivity index (χ3v) is 8.05. The number of rotatable bonds is 0. The number of hydrogen-bond donors (Lipinski definition) is 2. The van der Waals surface area contributed by atoms with Crippen LogP contribution in [0.1, 0.15) is 65.2 Å². The Morgan fingerprint density at radius 2 is 2.00 bits per heavy atom. The van der Waals surface area contributed by atoms with Gasteiger partial charge in [-0.05, 0) is 68.1 Å². The van der Waals surface area contributed by atoms with Gasteiger partial charge >= 0.3 is 0 Å². The van der Waals surface area contributed by atoms with Crippen LogP contribution in [0.25, 0.3) is 0 Å². The van der Waals surface area contributed by atoms with Crippen LogP contribution in [0.2, 0.25) is 0 Å². The van der Waals surface area contributed by atoms with Crippen molar-refractivity contribution in [2.75, 3.05) is 0 Å². The first-order valence-corrected chi connectivity index (χ1v) is 9.08. The van der Waals surface area contributed by atoms with Gasteiger partial charge in [-0.2, -0.15) is 0 Å². The summed E-state index contributed by atoms with van der Waals surface area (Å²) in [5.74, 6) is -1.37. The number of aliphatic hydroxyl groups excluding tert-OH is 1. The van der Waals surface area contributed by atoms with Crippen LogP contribution < -0.4 is 0 Å². The molecule has 2 unspecified atom stereocenters. The summed E-state index contributed by atoms with van der Waals surface area (Å²) >= 11 is 0. The van der Waals surface area contributed by atoms with Crippen molar-refractivity contribution in [3.8, 4) is 0 Å². The van der Waals surface area contributed by atoms with E-state index in [4.69, 9.17) is 0 Å². The lowest BCUT2D eigenvalue weighted by molar-refractivity contribution is -0.199. The molecule has 0 aromatic carbocycles. The molecule has 22 heavy (non-hydrogen) atoms. The molecular formula is C19H29FO2. The van der Waals surface area contributed by atoms with Crippen LogP contribution in [0.5, 0.6) is 0 Å². The van der Waals surface area contributed by atoms with Gasteiger partial charge in [0.1, 0.15) is 0 Å². The molecule has 2 nitrogen and oxygen atoms in total. The molecule has 2 N–H and O–H groups in total. The van der Waals surface area contributed by atoms with E-state index >= 15 is 0 Å². The van der Waals surface area contributed by atoms with E-state index in [1.54, 1.807) is 5.57 Å². The molecule has 3 heteroatoms. The highest BCUT2D eigenvalue weighted by Gasteiger charge is 2.67. The lowest BCUT2D eigenvalue weighted by Gasteiger charge is -2.58. The molecule has 0 aromatic heterocycles. The maximum absolute atomic E-state index is 14.8. The molecule has 0 aliphatic heterocycles. The van der Waals surface area contributed by atoms with Gasteiger partial charge in [0.15, 0.2) is 0 Å². The molecular weight excluding hydrogens is 279 g/mol. The standard InChI is InChI=1S/C19H29FO2/c1-17-9-4-3-5-12(17)6-7-13-14(17)8-10-18(2)16(13)15(21)11-19(18,20)22/h5,13-16,21-22H,3-4,6-11H2,1-2H3/t13-,14-,15?,16-,17+,18+,19?/m1/s1. The van der Waals surface area contributed by atoms with Gasteiger partial charge in [-0.15, -0.1) is 0 Å². The van der Waals surface area contributed by atoms with Crippen molar-refractivity contribution in [3.05, 3.63) is 11.6 Å². The largest absolute Gasteiger partial charge is 0.393 e. The zero-order valence-corrected chi connectivity index (χ0v) is 13.8. The Bertz CT molecular complexity index is 514. The lowest BCUT2D eigenvalue weighted by atomic mass is 9.47. The van der Waals surface area contributed by atoms with Gasteiger partial charge in [0, 0.05) is 11.8 Å². The third kappa shape index (κ3) is 1.73. The second-order valence-electron chi connectivity index (χ2n) is 8.86. The molecule has 124 valence electrons. The molecule has 3 fully saturated rings. The van der Waals surface area contributed by atoms with Crippen LogP contribution in [0, 0.1) is 28.6 Å². The van der Waals surface area contributed by atoms with Gasteiger partial charge in [-0.25, -0.2) is 4.39 Å². The van der Waals surface area contributed by atoms with Crippen LogP contribution in [0.4, 0.5) is 4.39 Å². The first kappa shape index (κ1) is 15.1. The molecule has 3 saturated carbocycles. The van der Waals surface area contributed by atoms with Crippen molar-refractivity contribution in [1.29, 1.82) is 0 Å². The van der Waals surface area contributed by atoms with E-state index in [0.29, 0.717) is 18.3 Å². The third-order valence-electron chi connectivity index (χ3n) is 8.05. The van der Waals surface area contributed by atoms with Crippen LogP contribution in [-0.4, -0.2) is 22.2 Å². The SMILES string of the molecule is C[C@]12CCCC=C1CC[C@@H]1[C@H]2CC[C@@]2(C)[C@H]1C(O)CC2(O)F. The quantitative estimate of drug-likeness (QED) is 0.665. The highest BCUT2D eigenvalue weighted by molar-refractivity contribution is 5.24. The highest BCUT2D eigenvalue weighted by atomic mass is 19.2. The molecule has 0 bridgehead atoms. The van der Waals surface area contributed by atoms with E-state index in [2.05, 4.69) is 13.0 Å². The molecule has 0 saturated heterocycles. The fourth-order valence-electron chi connectivity index (χ4n) is 6.80. The van der Waals surface area contributed by atoms with E-state index in [1.165, 1.54) is 19.3 Å². The zero-order valence-electron chi connectivity index (χ0n) is 13.8. The van der Waals surface area contributed by atoms with Gasteiger partial charge in [-0.1, -0.05) is 25.5 Å². The zero-order chi connectivity index (χ0) is 15.8. The Balaban J connectivity index is 1.73.